The van der Waals surface area contributed by atoms with Gasteiger partial charge in [0, 0.05) is 6.54 Å². The first-order chi connectivity index (χ1) is 11.0. The zero-order chi connectivity index (χ0) is 17.9. The summed E-state index contributed by atoms with van der Waals surface area (Å²) in [5.74, 6) is -1.59. The predicted molar refractivity (Wildman–Crippen MR) is 84.9 cm³/mol. The molecular formula is C16H19BFNO5. The van der Waals surface area contributed by atoms with Crippen molar-refractivity contribution in [3.8, 4) is 0 Å². The summed E-state index contributed by atoms with van der Waals surface area (Å²) < 4.78 is 26.3. The molecule has 0 unspecified atom stereocenters. The molecule has 1 aromatic rings. The summed E-state index contributed by atoms with van der Waals surface area (Å²) in [6, 6.07) is 2.85. The van der Waals surface area contributed by atoms with Crippen molar-refractivity contribution in [1.29, 1.82) is 0 Å². The maximum Gasteiger partial charge on any atom is 0.494 e. The van der Waals surface area contributed by atoms with Crippen LogP contribution >= 0.6 is 0 Å². The van der Waals surface area contributed by atoms with Gasteiger partial charge in [-0.2, -0.15) is 0 Å². The molecule has 2 heterocycles. The second kappa shape index (κ2) is 5.29. The Bertz CT molecular complexity index is 717. The molecule has 0 aromatic heterocycles. The van der Waals surface area contributed by atoms with Crippen molar-refractivity contribution >= 4 is 24.6 Å². The minimum absolute atomic E-state index is 0.00737. The fraction of sp³-hybridized carbons (Fsp3) is 0.500. The quantitative estimate of drug-likeness (QED) is 0.792. The summed E-state index contributed by atoms with van der Waals surface area (Å²) in [5.41, 5.74) is -0.340. The zero-order valence-corrected chi connectivity index (χ0v) is 14.1. The first kappa shape index (κ1) is 16.9. The summed E-state index contributed by atoms with van der Waals surface area (Å²) in [6.07, 6.45) is -1.11. The van der Waals surface area contributed by atoms with E-state index in [1.807, 2.05) is 27.7 Å². The van der Waals surface area contributed by atoms with Crippen LogP contribution in [0.25, 0.3) is 0 Å². The van der Waals surface area contributed by atoms with Gasteiger partial charge in [-0.15, -0.1) is 0 Å². The first-order valence-corrected chi connectivity index (χ1v) is 7.76. The maximum absolute atomic E-state index is 14.5. The van der Waals surface area contributed by atoms with Gasteiger partial charge in [0.15, 0.2) is 0 Å². The third-order valence-electron chi connectivity index (χ3n) is 5.01. The Morgan fingerprint density at radius 3 is 2.38 bits per heavy atom. The number of carbonyl (C=O) groups excluding carboxylic acids is 1. The molecule has 128 valence electrons. The van der Waals surface area contributed by atoms with E-state index in [1.165, 1.54) is 6.07 Å². The molecule has 1 N–H and O–H groups in total. The third-order valence-corrected chi connectivity index (χ3v) is 5.01. The van der Waals surface area contributed by atoms with Crippen molar-refractivity contribution in [3.05, 3.63) is 29.1 Å². The van der Waals surface area contributed by atoms with Gasteiger partial charge in [0.1, 0.15) is 5.82 Å². The Balaban J connectivity index is 1.97. The molecule has 0 bridgehead atoms. The molecule has 1 fully saturated rings. The van der Waals surface area contributed by atoms with Crippen LogP contribution in [-0.4, -0.2) is 46.9 Å². The highest BCUT2D eigenvalue weighted by Crippen LogP contribution is 2.36. The lowest BCUT2D eigenvalue weighted by Crippen LogP contribution is -2.43. The van der Waals surface area contributed by atoms with E-state index in [1.54, 1.807) is 6.07 Å². The van der Waals surface area contributed by atoms with Gasteiger partial charge in [0.2, 0.25) is 0 Å². The third kappa shape index (κ3) is 2.50. The normalized spacial score (nSPS) is 21.8. The van der Waals surface area contributed by atoms with Gasteiger partial charge < -0.3 is 14.4 Å². The lowest BCUT2D eigenvalue weighted by molar-refractivity contribution is 0.00578. The van der Waals surface area contributed by atoms with Gasteiger partial charge in [0.05, 0.1) is 16.8 Å². The van der Waals surface area contributed by atoms with Crippen molar-refractivity contribution in [2.75, 3.05) is 6.54 Å². The van der Waals surface area contributed by atoms with E-state index in [9.17, 15) is 14.0 Å². The van der Waals surface area contributed by atoms with Crippen molar-refractivity contribution in [3.63, 3.8) is 0 Å². The van der Waals surface area contributed by atoms with E-state index in [2.05, 4.69) is 0 Å². The number of imide groups is 1. The van der Waals surface area contributed by atoms with E-state index < -0.39 is 36.1 Å². The van der Waals surface area contributed by atoms with Gasteiger partial charge >= 0.3 is 13.2 Å². The molecule has 2 amide bonds. The summed E-state index contributed by atoms with van der Waals surface area (Å²) in [5, 5.41) is 9.01. The molecule has 1 saturated heterocycles. The van der Waals surface area contributed by atoms with E-state index in [-0.39, 0.29) is 18.5 Å². The van der Waals surface area contributed by atoms with Crippen molar-refractivity contribution in [2.24, 2.45) is 0 Å². The second-order valence-corrected chi connectivity index (χ2v) is 7.11. The largest absolute Gasteiger partial charge is 0.494 e. The van der Waals surface area contributed by atoms with Crippen LogP contribution < -0.4 is 5.46 Å². The van der Waals surface area contributed by atoms with Gasteiger partial charge in [-0.05, 0) is 51.2 Å². The molecule has 1 aromatic carbocycles. The smallest absolute Gasteiger partial charge is 0.465 e. The molecule has 3 rings (SSSR count). The molecule has 0 atom stereocenters. The Hall–Kier alpha value is -1.93. The Labute approximate surface area is 139 Å². The fourth-order valence-corrected chi connectivity index (χ4v) is 2.89. The van der Waals surface area contributed by atoms with Crippen LogP contribution in [0.15, 0.2) is 12.1 Å². The van der Waals surface area contributed by atoms with Gasteiger partial charge in [-0.25, -0.2) is 14.1 Å². The Morgan fingerprint density at radius 1 is 1.25 bits per heavy atom. The standard InChI is InChI=1S/C16H19BFNO5/c1-15(2)16(3,4)24-17(23-15)10-7-9-5-6-19(14(21)22)13(20)12(9)11(18)8-10/h7-8H,5-6H2,1-4H3,(H,21,22). The van der Waals surface area contributed by atoms with Crippen molar-refractivity contribution in [1.82, 2.24) is 4.90 Å². The lowest BCUT2D eigenvalue weighted by atomic mass is 9.76. The number of hydrogen-bond donors (Lipinski definition) is 1. The van der Waals surface area contributed by atoms with Gasteiger partial charge in [0.25, 0.3) is 5.91 Å². The minimum Gasteiger partial charge on any atom is -0.465 e. The number of nitrogens with zero attached hydrogens (tertiary/aromatic N) is 1. The number of halogens is 1. The van der Waals surface area contributed by atoms with Crippen LogP contribution in [0, 0.1) is 5.82 Å². The molecule has 8 heteroatoms. The zero-order valence-electron chi connectivity index (χ0n) is 14.1. The van der Waals surface area contributed by atoms with E-state index in [4.69, 9.17) is 14.4 Å². The molecule has 0 aliphatic carbocycles. The topological polar surface area (TPSA) is 76.1 Å². The van der Waals surface area contributed by atoms with Crippen LogP contribution in [0.4, 0.5) is 9.18 Å². The summed E-state index contributed by atoms with van der Waals surface area (Å²) >= 11 is 0. The summed E-state index contributed by atoms with van der Waals surface area (Å²) in [7, 11) is -0.734. The van der Waals surface area contributed by atoms with E-state index in [0.717, 1.165) is 0 Å². The highest BCUT2D eigenvalue weighted by atomic mass is 19.1. The predicted octanol–water partition coefficient (Wildman–Crippen LogP) is 1.80. The number of amides is 2. The first-order valence-electron chi connectivity index (χ1n) is 7.76. The fourth-order valence-electron chi connectivity index (χ4n) is 2.89. The summed E-state index contributed by atoms with van der Waals surface area (Å²) in [4.78, 5) is 23.8. The average Bonchev–Trinajstić information content (AvgIpc) is 2.66. The van der Waals surface area contributed by atoms with E-state index in [0.29, 0.717) is 15.9 Å². The van der Waals surface area contributed by atoms with Crippen LogP contribution in [-0.2, 0) is 15.7 Å². The molecule has 2 aliphatic rings. The number of rotatable bonds is 1. The number of benzene rings is 1. The highest BCUT2D eigenvalue weighted by Gasteiger charge is 2.52. The second-order valence-electron chi connectivity index (χ2n) is 7.11. The SMILES string of the molecule is CC1(C)OB(c2cc(F)c3c(c2)CCN(C(=O)O)C3=O)OC1(C)C. The molecule has 2 aliphatic heterocycles. The highest BCUT2D eigenvalue weighted by molar-refractivity contribution is 6.62. The van der Waals surface area contributed by atoms with Crippen LogP contribution in [0.5, 0.6) is 0 Å². The van der Waals surface area contributed by atoms with Crippen molar-refractivity contribution < 1.29 is 28.4 Å². The maximum atomic E-state index is 14.5. The molecule has 0 saturated carbocycles. The van der Waals surface area contributed by atoms with Crippen LogP contribution in [0.3, 0.4) is 0 Å². The van der Waals surface area contributed by atoms with Crippen LogP contribution in [0.2, 0.25) is 0 Å². The Morgan fingerprint density at radius 2 is 1.83 bits per heavy atom. The lowest BCUT2D eigenvalue weighted by Gasteiger charge is -2.32. The molecule has 6 nitrogen and oxygen atoms in total. The number of hydrogen-bond acceptors (Lipinski definition) is 4. The monoisotopic (exact) mass is 335 g/mol. The molecular weight excluding hydrogens is 316 g/mol. The number of fused-ring (bicyclic) bond motifs is 1. The number of carbonyl (C=O) groups is 2. The van der Waals surface area contributed by atoms with Crippen LogP contribution in [0.1, 0.15) is 43.6 Å². The summed E-state index contributed by atoms with van der Waals surface area (Å²) in [6.45, 7) is 7.60. The van der Waals surface area contributed by atoms with Gasteiger partial charge in [-0.1, -0.05) is 6.07 Å². The Kier molecular flexibility index (Phi) is 3.73. The number of carboxylic acid groups (broad SMARTS) is 1. The van der Waals surface area contributed by atoms with Crippen molar-refractivity contribution in [2.45, 2.75) is 45.3 Å². The van der Waals surface area contributed by atoms with Gasteiger partial charge in [-0.3, -0.25) is 4.79 Å². The minimum atomic E-state index is -1.37. The molecule has 0 spiro atoms. The molecule has 0 radical (unpaired) electrons. The molecule has 24 heavy (non-hydrogen) atoms. The average molecular weight is 335 g/mol. The van der Waals surface area contributed by atoms with E-state index >= 15 is 0 Å².